The van der Waals surface area contributed by atoms with Crippen molar-refractivity contribution in [3.8, 4) is 0 Å². The summed E-state index contributed by atoms with van der Waals surface area (Å²) in [7, 11) is 3.25. The molecule has 0 atom stereocenters. The zero-order valence-electron chi connectivity index (χ0n) is 11.7. The Kier molecular flexibility index (Phi) is 24.8. The molecule has 1 rings (SSSR count). The molecule has 0 fully saturated rings. The average molecular weight is 212 g/mol. The van der Waals surface area contributed by atoms with Crippen LogP contribution in [0.15, 0.2) is 24.3 Å². The summed E-state index contributed by atoms with van der Waals surface area (Å²) >= 11 is 0. The first kappa shape index (κ1) is 19.7. The molecule has 15 heavy (non-hydrogen) atoms. The molecule has 0 aliphatic rings. The van der Waals surface area contributed by atoms with Gasteiger partial charge in [-0.1, -0.05) is 63.1 Å². The van der Waals surface area contributed by atoms with Crippen molar-refractivity contribution in [2.75, 3.05) is 14.2 Å². The predicted molar refractivity (Wildman–Crippen MR) is 71.5 cm³/mol. The van der Waals surface area contributed by atoms with Gasteiger partial charge in [0, 0.05) is 14.2 Å². The predicted octanol–water partition coefficient (Wildman–Crippen LogP) is 4.62. The standard InChI is InChI=1S/C8H10.C2H6O.2C2H6/c1-7-3-5-8(2)6-4-7;1-3-2;2*1-2/h3-6H,1-2H3;1-2H3;2*1-2H3. The smallest absolute Gasteiger partial charge is 0.0351 e. The molecule has 0 aliphatic carbocycles. The van der Waals surface area contributed by atoms with Crippen molar-refractivity contribution in [3.05, 3.63) is 35.4 Å². The number of aryl methyl sites for hydroxylation is 2. The van der Waals surface area contributed by atoms with Crippen LogP contribution in [0.2, 0.25) is 0 Å². The largest absolute Gasteiger partial charge is 0.388 e. The van der Waals surface area contributed by atoms with E-state index in [1.165, 1.54) is 11.1 Å². The van der Waals surface area contributed by atoms with E-state index < -0.39 is 0 Å². The van der Waals surface area contributed by atoms with Crippen LogP contribution in [0.25, 0.3) is 0 Å². The van der Waals surface area contributed by atoms with Gasteiger partial charge in [-0.25, -0.2) is 0 Å². The summed E-state index contributed by atoms with van der Waals surface area (Å²) in [5.74, 6) is 0. The molecule has 0 radical (unpaired) electrons. The van der Waals surface area contributed by atoms with Crippen molar-refractivity contribution in [3.63, 3.8) is 0 Å². The van der Waals surface area contributed by atoms with Crippen molar-refractivity contribution >= 4 is 0 Å². The molecule has 0 aromatic heterocycles. The lowest BCUT2D eigenvalue weighted by Crippen LogP contribution is -1.70. The molecule has 1 heteroatoms. The van der Waals surface area contributed by atoms with Gasteiger partial charge in [-0.05, 0) is 13.8 Å². The molecule has 0 saturated carbocycles. The number of rotatable bonds is 0. The first-order valence-electron chi connectivity index (χ1n) is 5.64. The third kappa shape index (κ3) is 19.5. The summed E-state index contributed by atoms with van der Waals surface area (Å²) in [4.78, 5) is 0. The molecule has 90 valence electrons. The Labute approximate surface area is 96.5 Å². The molecule has 0 saturated heterocycles. The Balaban J connectivity index is -0.000000176. The van der Waals surface area contributed by atoms with Crippen LogP contribution in [0.3, 0.4) is 0 Å². The Bertz CT molecular complexity index is 156. The van der Waals surface area contributed by atoms with E-state index in [9.17, 15) is 0 Å². The number of methoxy groups -OCH3 is 1. The fourth-order valence-electron chi connectivity index (χ4n) is 0.637. The van der Waals surface area contributed by atoms with Crippen LogP contribution in [0.4, 0.5) is 0 Å². The third-order valence-corrected chi connectivity index (χ3v) is 1.22. The summed E-state index contributed by atoms with van der Waals surface area (Å²) in [5.41, 5.74) is 2.66. The Hall–Kier alpha value is -0.820. The molecule has 1 aromatic rings. The van der Waals surface area contributed by atoms with Crippen molar-refractivity contribution in [1.29, 1.82) is 0 Å². The quantitative estimate of drug-likeness (QED) is 0.610. The number of ether oxygens (including phenoxy) is 1. The summed E-state index contributed by atoms with van der Waals surface area (Å²) in [6, 6.07) is 8.48. The summed E-state index contributed by atoms with van der Waals surface area (Å²) in [5, 5.41) is 0. The zero-order chi connectivity index (χ0) is 12.7. The van der Waals surface area contributed by atoms with Crippen molar-refractivity contribution in [2.45, 2.75) is 41.5 Å². The molecule has 1 nitrogen and oxygen atoms in total. The molecule has 0 aliphatic heterocycles. The van der Waals surface area contributed by atoms with Crippen LogP contribution in [0.1, 0.15) is 38.8 Å². The normalized spacial score (nSPS) is 6.93. The molecule has 0 spiro atoms. The highest BCUT2D eigenvalue weighted by Crippen LogP contribution is 1.99. The third-order valence-electron chi connectivity index (χ3n) is 1.22. The van der Waals surface area contributed by atoms with E-state index in [1.807, 2.05) is 27.7 Å². The average Bonchev–Trinajstić information content (AvgIpc) is 2.29. The van der Waals surface area contributed by atoms with Gasteiger partial charge in [0.2, 0.25) is 0 Å². The lowest BCUT2D eigenvalue weighted by molar-refractivity contribution is 0.277. The van der Waals surface area contributed by atoms with Gasteiger partial charge in [0.15, 0.2) is 0 Å². The minimum Gasteiger partial charge on any atom is -0.388 e. The van der Waals surface area contributed by atoms with Gasteiger partial charge in [0.05, 0.1) is 0 Å². The van der Waals surface area contributed by atoms with E-state index in [4.69, 9.17) is 0 Å². The zero-order valence-corrected chi connectivity index (χ0v) is 11.7. The summed E-state index contributed by atoms with van der Waals surface area (Å²) < 4.78 is 4.25. The van der Waals surface area contributed by atoms with E-state index in [2.05, 4.69) is 42.8 Å². The second kappa shape index (κ2) is 18.9. The maximum Gasteiger partial charge on any atom is 0.0351 e. The van der Waals surface area contributed by atoms with Crippen LogP contribution in [-0.2, 0) is 4.74 Å². The SMILES string of the molecule is CC.CC.COC.Cc1ccc(C)cc1. The number of benzene rings is 1. The maximum absolute atomic E-state index is 4.25. The summed E-state index contributed by atoms with van der Waals surface area (Å²) in [6.45, 7) is 12.2. The molecule has 0 bridgehead atoms. The van der Waals surface area contributed by atoms with Gasteiger partial charge in [-0.2, -0.15) is 0 Å². The van der Waals surface area contributed by atoms with Gasteiger partial charge in [-0.3, -0.25) is 0 Å². The van der Waals surface area contributed by atoms with Gasteiger partial charge < -0.3 is 4.74 Å². The summed E-state index contributed by atoms with van der Waals surface area (Å²) in [6.07, 6.45) is 0. The Morgan fingerprint density at radius 2 is 0.800 bits per heavy atom. The monoisotopic (exact) mass is 212 g/mol. The van der Waals surface area contributed by atoms with Crippen LogP contribution < -0.4 is 0 Å². The Morgan fingerprint density at radius 3 is 0.933 bits per heavy atom. The van der Waals surface area contributed by atoms with Crippen LogP contribution in [-0.4, -0.2) is 14.2 Å². The minimum absolute atomic E-state index is 1.33. The highest BCUT2D eigenvalue weighted by atomic mass is 16.4. The van der Waals surface area contributed by atoms with E-state index in [-0.39, 0.29) is 0 Å². The highest BCUT2D eigenvalue weighted by Gasteiger charge is 1.79. The van der Waals surface area contributed by atoms with Gasteiger partial charge in [-0.15, -0.1) is 0 Å². The molecular formula is C14H28O. The molecule has 0 heterocycles. The molecule has 1 aromatic carbocycles. The van der Waals surface area contributed by atoms with E-state index in [0.717, 1.165) is 0 Å². The van der Waals surface area contributed by atoms with Crippen LogP contribution in [0.5, 0.6) is 0 Å². The first-order chi connectivity index (χ1) is 7.20. The second-order valence-corrected chi connectivity index (χ2v) is 2.56. The molecule has 0 amide bonds. The van der Waals surface area contributed by atoms with Gasteiger partial charge in [0.25, 0.3) is 0 Å². The fraction of sp³-hybridized carbons (Fsp3) is 0.571. The fourth-order valence-corrected chi connectivity index (χ4v) is 0.637. The lowest BCUT2D eigenvalue weighted by Gasteiger charge is -1.90. The first-order valence-corrected chi connectivity index (χ1v) is 5.64. The minimum atomic E-state index is 1.33. The lowest BCUT2D eigenvalue weighted by atomic mass is 10.2. The van der Waals surface area contributed by atoms with Crippen molar-refractivity contribution in [1.82, 2.24) is 0 Å². The maximum atomic E-state index is 4.25. The molecule has 0 N–H and O–H groups in total. The van der Waals surface area contributed by atoms with Crippen LogP contribution in [0, 0.1) is 13.8 Å². The van der Waals surface area contributed by atoms with Gasteiger partial charge in [0.1, 0.15) is 0 Å². The van der Waals surface area contributed by atoms with Crippen molar-refractivity contribution < 1.29 is 4.74 Å². The van der Waals surface area contributed by atoms with E-state index in [0.29, 0.717) is 0 Å². The second-order valence-electron chi connectivity index (χ2n) is 2.56. The van der Waals surface area contributed by atoms with Crippen molar-refractivity contribution in [2.24, 2.45) is 0 Å². The number of hydrogen-bond donors (Lipinski definition) is 0. The van der Waals surface area contributed by atoms with Gasteiger partial charge >= 0.3 is 0 Å². The van der Waals surface area contributed by atoms with E-state index in [1.54, 1.807) is 14.2 Å². The van der Waals surface area contributed by atoms with E-state index >= 15 is 0 Å². The Morgan fingerprint density at radius 1 is 0.667 bits per heavy atom. The van der Waals surface area contributed by atoms with Crippen LogP contribution >= 0.6 is 0 Å². The molecular weight excluding hydrogens is 184 g/mol. The molecule has 0 unspecified atom stereocenters. The topological polar surface area (TPSA) is 9.23 Å². The number of hydrogen-bond acceptors (Lipinski definition) is 1. The highest BCUT2D eigenvalue weighted by molar-refractivity contribution is 5.19.